The van der Waals surface area contributed by atoms with E-state index in [1.54, 1.807) is 7.11 Å². The van der Waals surface area contributed by atoms with Gasteiger partial charge in [-0.2, -0.15) is 0 Å². The SMILES string of the molecule is CNC(CO)(COCCOCCOCCOC)C1CC1. The Bertz CT molecular complexity index is 232. The van der Waals surface area contributed by atoms with Gasteiger partial charge in [-0.3, -0.25) is 0 Å². The molecule has 120 valence electrons. The van der Waals surface area contributed by atoms with Gasteiger partial charge in [-0.25, -0.2) is 0 Å². The Hall–Kier alpha value is -0.240. The van der Waals surface area contributed by atoms with Gasteiger partial charge in [0.25, 0.3) is 0 Å². The molecule has 0 bridgehead atoms. The molecule has 2 N–H and O–H groups in total. The van der Waals surface area contributed by atoms with Crippen molar-refractivity contribution >= 4 is 0 Å². The van der Waals surface area contributed by atoms with Gasteiger partial charge in [-0.15, -0.1) is 0 Å². The van der Waals surface area contributed by atoms with E-state index in [1.165, 1.54) is 12.8 Å². The van der Waals surface area contributed by atoms with Gasteiger partial charge in [0.15, 0.2) is 0 Å². The fourth-order valence-electron chi connectivity index (χ4n) is 2.12. The molecule has 1 fully saturated rings. The standard InChI is InChI=1S/C14H29NO5/c1-15-14(11-16,13-3-4-13)12-20-10-9-19-8-7-18-6-5-17-2/h13,15-16H,3-12H2,1-2H3. The zero-order valence-electron chi connectivity index (χ0n) is 12.7. The van der Waals surface area contributed by atoms with E-state index < -0.39 is 0 Å². The molecule has 0 aromatic heterocycles. The van der Waals surface area contributed by atoms with Crippen molar-refractivity contribution in [3.8, 4) is 0 Å². The first-order valence-corrected chi connectivity index (χ1v) is 7.31. The zero-order valence-corrected chi connectivity index (χ0v) is 12.7. The summed E-state index contributed by atoms with van der Waals surface area (Å²) in [7, 11) is 3.53. The lowest BCUT2D eigenvalue weighted by molar-refractivity contribution is -0.0175. The van der Waals surface area contributed by atoms with Gasteiger partial charge in [0.05, 0.1) is 58.4 Å². The van der Waals surface area contributed by atoms with Crippen LogP contribution in [0, 0.1) is 5.92 Å². The quantitative estimate of drug-likeness (QED) is 0.441. The summed E-state index contributed by atoms with van der Waals surface area (Å²) in [5, 5.41) is 12.7. The van der Waals surface area contributed by atoms with E-state index in [1.807, 2.05) is 7.05 Å². The van der Waals surface area contributed by atoms with Gasteiger partial charge in [0.2, 0.25) is 0 Å². The van der Waals surface area contributed by atoms with E-state index in [-0.39, 0.29) is 12.1 Å². The van der Waals surface area contributed by atoms with Gasteiger partial charge >= 0.3 is 0 Å². The highest BCUT2D eigenvalue weighted by Gasteiger charge is 2.43. The second-order valence-electron chi connectivity index (χ2n) is 5.11. The molecule has 1 saturated carbocycles. The first-order chi connectivity index (χ1) is 9.79. The summed E-state index contributed by atoms with van der Waals surface area (Å²) in [6, 6.07) is 0. The van der Waals surface area contributed by atoms with Gasteiger partial charge < -0.3 is 29.4 Å². The molecule has 0 aliphatic heterocycles. The number of nitrogens with one attached hydrogen (secondary N) is 1. The molecule has 1 unspecified atom stereocenters. The number of aliphatic hydroxyl groups is 1. The first-order valence-electron chi connectivity index (χ1n) is 7.31. The maximum atomic E-state index is 9.53. The molecule has 0 aromatic rings. The summed E-state index contributed by atoms with van der Waals surface area (Å²) < 4.78 is 21.2. The number of hydrogen-bond acceptors (Lipinski definition) is 6. The summed E-state index contributed by atoms with van der Waals surface area (Å²) in [5.41, 5.74) is -0.275. The van der Waals surface area contributed by atoms with Gasteiger partial charge in [-0.1, -0.05) is 0 Å². The van der Waals surface area contributed by atoms with Crippen molar-refractivity contribution < 1.29 is 24.1 Å². The van der Waals surface area contributed by atoms with E-state index in [2.05, 4.69) is 5.32 Å². The summed E-state index contributed by atoms with van der Waals surface area (Å²) in [4.78, 5) is 0. The highest BCUT2D eigenvalue weighted by atomic mass is 16.6. The van der Waals surface area contributed by atoms with Crippen molar-refractivity contribution in [2.24, 2.45) is 5.92 Å². The topological polar surface area (TPSA) is 69.2 Å². The minimum Gasteiger partial charge on any atom is -0.394 e. The van der Waals surface area contributed by atoms with Crippen LogP contribution in [-0.4, -0.2) is 77.7 Å². The number of ether oxygens (including phenoxy) is 4. The average molecular weight is 291 g/mol. The Morgan fingerprint density at radius 2 is 1.55 bits per heavy atom. The van der Waals surface area contributed by atoms with Crippen LogP contribution in [0.2, 0.25) is 0 Å². The molecule has 0 spiro atoms. The predicted octanol–water partition coefficient (Wildman–Crippen LogP) is 0.0431. The van der Waals surface area contributed by atoms with Gasteiger partial charge in [0, 0.05) is 7.11 Å². The molecule has 1 aliphatic carbocycles. The third-order valence-electron chi connectivity index (χ3n) is 3.67. The van der Waals surface area contributed by atoms with Crippen molar-refractivity contribution in [3.05, 3.63) is 0 Å². The largest absolute Gasteiger partial charge is 0.394 e. The van der Waals surface area contributed by atoms with Crippen LogP contribution in [-0.2, 0) is 18.9 Å². The monoisotopic (exact) mass is 291 g/mol. The molecule has 0 aromatic carbocycles. The lowest BCUT2D eigenvalue weighted by atomic mass is 9.96. The normalized spacial score (nSPS) is 18.1. The van der Waals surface area contributed by atoms with Crippen LogP contribution in [0.5, 0.6) is 0 Å². The lowest BCUT2D eigenvalue weighted by Crippen LogP contribution is -2.52. The smallest absolute Gasteiger partial charge is 0.0701 e. The number of methoxy groups -OCH3 is 1. The highest BCUT2D eigenvalue weighted by molar-refractivity contribution is 5.00. The number of rotatable bonds is 14. The van der Waals surface area contributed by atoms with Crippen LogP contribution < -0.4 is 5.32 Å². The maximum absolute atomic E-state index is 9.53. The van der Waals surface area contributed by atoms with Gasteiger partial charge in [0.1, 0.15) is 0 Å². The Morgan fingerprint density at radius 1 is 1.00 bits per heavy atom. The van der Waals surface area contributed by atoms with Crippen LogP contribution in [0.15, 0.2) is 0 Å². The van der Waals surface area contributed by atoms with Crippen LogP contribution >= 0.6 is 0 Å². The van der Waals surface area contributed by atoms with Crippen molar-refractivity contribution in [1.29, 1.82) is 0 Å². The molecule has 0 heterocycles. The lowest BCUT2D eigenvalue weighted by Gasteiger charge is -2.31. The number of likely N-dealkylation sites (N-methyl/N-ethyl adjacent to an activating group) is 1. The molecule has 6 nitrogen and oxygen atoms in total. The Labute approximate surface area is 121 Å². The van der Waals surface area contributed by atoms with Crippen molar-refractivity contribution in [2.45, 2.75) is 18.4 Å². The fourth-order valence-corrected chi connectivity index (χ4v) is 2.12. The van der Waals surface area contributed by atoms with Crippen LogP contribution in [0.4, 0.5) is 0 Å². The zero-order chi connectivity index (χ0) is 14.7. The van der Waals surface area contributed by atoms with Gasteiger partial charge in [-0.05, 0) is 25.8 Å². The van der Waals surface area contributed by atoms with E-state index >= 15 is 0 Å². The molecule has 1 atom stereocenters. The molecule has 0 saturated heterocycles. The van der Waals surface area contributed by atoms with Crippen molar-refractivity contribution in [1.82, 2.24) is 5.32 Å². The minimum absolute atomic E-state index is 0.113. The van der Waals surface area contributed by atoms with Crippen LogP contribution in [0.25, 0.3) is 0 Å². The first kappa shape index (κ1) is 17.8. The third kappa shape index (κ3) is 6.47. The molecule has 0 radical (unpaired) electrons. The maximum Gasteiger partial charge on any atom is 0.0701 e. The number of aliphatic hydroxyl groups excluding tert-OH is 1. The van der Waals surface area contributed by atoms with Crippen molar-refractivity contribution in [3.63, 3.8) is 0 Å². The molecule has 0 amide bonds. The van der Waals surface area contributed by atoms with E-state index in [0.717, 1.165) is 0 Å². The van der Waals surface area contributed by atoms with Crippen LogP contribution in [0.3, 0.4) is 0 Å². The minimum atomic E-state index is -0.275. The van der Waals surface area contributed by atoms with E-state index in [9.17, 15) is 5.11 Å². The van der Waals surface area contributed by atoms with E-state index in [4.69, 9.17) is 18.9 Å². The molecular weight excluding hydrogens is 262 g/mol. The molecule has 1 rings (SSSR count). The molecule has 1 aliphatic rings. The van der Waals surface area contributed by atoms with Crippen LogP contribution in [0.1, 0.15) is 12.8 Å². The molecule has 20 heavy (non-hydrogen) atoms. The summed E-state index contributed by atoms with van der Waals surface area (Å²) in [6.07, 6.45) is 2.33. The predicted molar refractivity (Wildman–Crippen MR) is 75.9 cm³/mol. The molecule has 6 heteroatoms. The fraction of sp³-hybridized carbons (Fsp3) is 1.00. The Balaban J connectivity index is 1.93. The second-order valence-corrected chi connectivity index (χ2v) is 5.11. The Morgan fingerprint density at radius 3 is 2.00 bits per heavy atom. The third-order valence-corrected chi connectivity index (χ3v) is 3.67. The van der Waals surface area contributed by atoms with Crippen molar-refractivity contribution in [2.75, 3.05) is 67.0 Å². The summed E-state index contributed by atoms with van der Waals surface area (Å²) in [5.74, 6) is 0.535. The number of hydrogen-bond donors (Lipinski definition) is 2. The molecular formula is C14H29NO5. The van der Waals surface area contributed by atoms with E-state index in [0.29, 0.717) is 52.2 Å². The second kappa shape index (κ2) is 10.5. The highest BCUT2D eigenvalue weighted by Crippen LogP contribution is 2.39. The Kier molecular flexibility index (Phi) is 9.33. The summed E-state index contributed by atoms with van der Waals surface area (Å²) in [6.45, 7) is 4.06. The summed E-state index contributed by atoms with van der Waals surface area (Å²) >= 11 is 0. The average Bonchev–Trinajstić information content (AvgIpc) is 3.31.